The zero-order valence-corrected chi connectivity index (χ0v) is 19.1. The van der Waals surface area contributed by atoms with Gasteiger partial charge in [-0.3, -0.25) is 20.3 Å². The Hall–Kier alpha value is -4.65. The summed E-state index contributed by atoms with van der Waals surface area (Å²) in [5.74, 6) is -0.653. The van der Waals surface area contributed by atoms with Gasteiger partial charge in [0.2, 0.25) is 0 Å². The number of hydrogen-bond acceptors (Lipinski definition) is 9. The number of nitro groups is 1. The van der Waals surface area contributed by atoms with E-state index in [0.29, 0.717) is 5.56 Å². The summed E-state index contributed by atoms with van der Waals surface area (Å²) in [7, 11) is -2.94. The van der Waals surface area contributed by atoms with E-state index in [9.17, 15) is 23.3 Å². The number of carboxylic acid groups (broad SMARTS) is 1. The maximum Gasteiger partial charge on any atom is 0.341 e. The predicted molar refractivity (Wildman–Crippen MR) is 128 cm³/mol. The lowest BCUT2D eigenvalue weighted by atomic mass is 10.2. The van der Waals surface area contributed by atoms with E-state index < -0.39 is 38.1 Å². The first-order valence-electron chi connectivity index (χ1n) is 9.88. The fraction of sp³-hybridized carbons (Fsp3) is 0.0909. The van der Waals surface area contributed by atoms with Crippen LogP contribution in [-0.2, 0) is 14.8 Å². The number of methoxy groups -OCH3 is 1. The number of sulfonamides is 1. The van der Waals surface area contributed by atoms with Gasteiger partial charge < -0.3 is 14.6 Å². The van der Waals surface area contributed by atoms with E-state index in [1.165, 1.54) is 25.5 Å². The van der Waals surface area contributed by atoms with Crippen molar-refractivity contribution < 1.29 is 32.7 Å². The van der Waals surface area contributed by atoms with Crippen LogP contribution in [0.5, 0.6) is 11.5 Å². The van der Waals surface area contributed by atoms with Gasteiger partial charge in [-0.2, -0.15) is 5.10 Å². The number of para-hydroxylation sites is 3. The number of nitrogens with one attached hydrogen (secondary N) is 2. The molecule has 0 radical (unpaired) electrons. The number of hydrogen-bond donors (Lipinski definition) is 3. The minimum atomic E-state index is -4.31. The molecule has 0 fully saturated rings. The second-order valence-corrected chi connectivity index (χ2v) is 8.48. The van der Waals surface area contributed by atoms with E-state index in [-0.39, 0.29) is 22.9 Å². The van der Waals surface area contributed by atoms with Crippen molar-refractivity contribution in [2.75, 3.05) is 23.9 Å². The molecular formula is C22H20N4O8S. The molecule has 0 amide bonds. The standard InChI is InChI=1S/C22H20N4O8S/c1-33-20-9-5-3-7-17(20)25-35(31,32)21-12-16(26(29)30)10-11-18(21)24-23-13-15-6-2-4-8-19(15)34-14-22(27)28/h2-13,24-25H,14H2,1H3,(H,27,28)/b23-13-. The SMILES string of the molecule is COc1ccccc1NS(=O)(=O)c1cc([N+](=O)[O-])ccc1N/N=C\c1ccccc1OCC(=O)O. The Bertz CT molecular complexity index is 1380. The molecule has 3 aromatic carbocycles. The molecule has 0 aliphatic rings. The summed E-state index contributed by atoms with van der Waals surface area (Å²) in [6.45, 7) is -0.558. The molecule has 13 heteroatoms. The number of carboxylic acids is 1. The summed E-state index contributed by atoms with van der Waals surface area (Å²) in [6.07, 6.45) is 1.29. The van der Waals surface area contributed by atoms with Gasteiger partial charge in [-0.25, -0.2) is 13.2 Å². The van der Waals surface area contributed by atoms with E-state index in [0.717, 1.165) is 12.1 Å². The molecule has 0 heterocycles. The summed E-state index contributed by atoms with van der Waals surface area (Å²) < 4.78 is 39.0. The molecule has 3 aromatic rings. The molecular weight excluding hydrogens is 480 g/mol. The van der Waals surface area contributed by atoms with Crippen LogP contribution < -0.4 is 19.6 Å². The summed E-state index contributed by atoms with van der Waals surface area (Å²) in [6, 6.07) is 16.0. The molecule has 0 aliphatic carbocycles. The van der Waals surface area contributed by atoms with Gasteiger partial charge in [-0.15, -0.1) is 0 Å². The largest absolute Gasteiger partial charge is 0.495 e. The molecule has 0 atom stereocenters. The van der Waals surface area contributed by atoms with E-state index in [2.05, 4.69) is 15.2 Å². The monoisotopic (exact) mass is 500 g/mol. The lowest BCUT2D eigenvalue weighted by Gasteiger charge is -2.14. The molecule has 3 N–H and O–H groups in total. The number of aliphatic carboxylic acids is 1. The Morgan fingerprint density at radius 1 is 1.09 bits per heavy atom. The second kappa shape index (κ2) is 11.0. The van der Waals surface area contributed by atoms with Crippen LogP contribution in [0.1, 0.15) is 5.56 Å². The number of hydrazone groups is 1. The maximum absolute atomic E-state index is 13.1. The highest BCUT2D eigenvalue weighted by Crippen LogP contribution is 2.31. The minimum absolute atomic E-state index is 0.0433. The van der Waals surface area contributed by atoms with Gasteiger partial charge in [0.15, 0.2) is 6.61 Å². The number of non-ortho nitro benzene ring substituents is 1. The van der Waals surface area contributed by atoms with E-state index in [4.69, 9.17) is 14.6 Å². The second-order valence-electron chi connectivity index (χ2n) is 6.83. The molecule has 0 aliphatic heterocycles. The highest BCUT2D eigenvalue weighted by molar-refractivity contribution is 7.93. The van der Waals surface area contributed by atoms with Crippen LogP contribution >= 0.6 is 0 Å². The highest BCUT2D eigenvalue weighted by atomic mass is 32.2. The lowest BCUT2D eigenvalue weighted by molar-refractivity contribution is -0.385. The van der Waals surface area contributed by atoms with Gasteiger partial charge in [-0.05, 0) is 30.3 Å². The third-order valence-electron chi connectivity index (χ3n) is 4.48. The van der Waals surface area contributed by atoms with Crippen LogP contribution in [0.4, 0.5) is 17.1 Å². The third kappa shape index (κ3) is 6.45. The number of ether oxygens (including phenoxy) is 2. The molecule has 0 bridgehead atoms. The quantitative estimate of drug-likeness (QED) is 0.203. The van der Waals surface area contributed by atoms with Gasteiger partial charge in [0.25, 0.3) is 15.7 Å². The molecule has 0 saturated carbocycles. The molecule has 12 nitrogen and oxygen atoms in total. The van der Waals surface area contributed by atoms with Crippen molar-refractivity contribution in [3.8, 4) is 11.5 Å². The van der Waals surface area contributed by atoms with Crippen molar-refractivity contribution in [3.05, 3.63) is 82.4 Å². The van der Waals surface area contributed by atoms with Crippen LogP contribution in [0.15, 0.2) is 76.7 Å². The van der Waals surface area contributed by atoms with Crippen LogP contribution in [-0.4, -0.2) is 44.3 Å². The average molecular weight is 500 g/mol. The zero-order chi connectivity index (χ0) is 25.4. The van der Waals surface area contributed by atoms with Gasteiger partial charge in [0.1, 0.15) is 16.4 Å². The molecule has 0 saturated heterocycles. The Kier molecular flexibility index (Phi) is 7.84. The summed E-state index contributed by atoms with van der Waals surface area (Å²) >= 11 is 0. The molecule has 3 rings (SSSR count). The maximum atomic E-state index is 13.1. The first-order valence-corrected chi connectivity index (χ1v) is 11.4. The van der Waals surface area contributed by atoms with Crippen molar-refractivity contribution in [3.63, 3.8) is 0 Å². The van der Waals surface area contributed by atoms with Crippen molar-refractivity contribution >= 4 is 39.3 Å². The molecule has 0 unspecified atom stereocenters. The average Bonchev–Trinajstić information content (AvgIpc) is 2.83. The summed E-state index contributed by atoms with van der Waals surface area (Å²) in [5.41, 5.74) is 2.64. The number of anilines is 2. The van der Waals surface area contributed by atoms with Crippen LogP contribution in [0.3, 0.4) is 0 Å². The Morgan fingerprint density at radius 3 is 2.46 bits per heavy atom. The number of nitro benzene ring substituents is 1. The lowest BCUT2D eigenvalue weighted by Crippen LogP contribution is -2.15. The van der Waals surface area contributed by atoms with Crippen molar-refractivity contribution in [1.82, 2.24) is 0 Å². The Morgan fingerprint density at radius 2 is 1.77 bits per heavy atom. The number of rotatable bonds is 11. The predicted octanol–water partition coefficient (Wildman–Crippen LogP) is 3.31. The van der Waals surface area contributed by atoms with Gasteiger partial charge in [0.05, 0.1) is 29.6 Å². The molecule has 0 spiro atoms. The normalized spacial score (nSPS) is 11.1. The van der Waals surface area contributed by atoms with E-state index in [1.54, 1.807) is 42.5 Å². The van der Waals surface area contributed by atoms with Crippen molar-refractivity contribution in [1.29, 1.82) is 0 Å². The summed E-state index contributed by atoms with van der Waals surface area (Å²) in [5, 5.41) is 24.1. The van der Waals surface area contributed by atoms with Gasteiger partial charge >= 0.3 is 5.97 Å². The zero-order valence-electron chi connectivity index (χ0n) is 18.2. The van der Waals surface area contributed by atoms with Gasteiger partial charge in [-0.1, -0.05) is 24.3 Å². The fourth-order valence-electron chi connectivity index (χ4n) is 2.90. The minimum Gasteiger partial charge on any atom is -0.495 e. The number of nitrogens with zero attached hydrogens (tertiary/aromatic N) is 2. The first-order chi connectivity index (χ1) is 16.7. The van der Waals surface area contributed by atoms with Crippen molar-refractivity contribution in [2.24, 2.45) is 5.10 Å². The number of carbonyl (C=O) groups is 1. The fourth-order valence-corrected chi connectivity index (χ4v) is 4.14. The highest BCUT2D eigenvalue weighted by Gasteiger charge is 2.23. The van der Waals surface area contributed by atoms with Gasteiger partial charge in [0, 0.05) is 17.7 Å². The first kappa shape index (κ1) is 25.0. The van der Waals surface area contributed by atoms with Crippen LogP contribution in [0, 0.1) is 10.1 Å². The van der Waals surface area contributed by atoms with Crippen LogP contribution in [0.2, 0.25) is 0 Å². The summed E-state index contributed by atoms with van der Waals surface area (Å²) in [4.78, 5) is 20.9. The smallest absolute Gasteiger partial charge is 0.341 e. The number of benzene rings is 3. The third-order valence-corrected chi connectivity index (χ3v) is 5.88. The molecule has 182 valence electrons. The molecule has 0 aromatic heterocycles. The van der Waals surface area contributed by atoms with Crippen molar-refractivity contribution in [2.45, 2.75) is 4.90 Å². The van der Waals surface area contributed by atoms with E-state index in [1.807, 2.05) is 0 Å². The Labute approximate surface area is 200 Å². The van der Waals surface area contributed by atoms with E-state index >= 15 is 0 Å². The topological polar surface area (TPSA) is 169 Å². The van der Waals surface area contributed by atoms with Crippen LogP contribution in [0.25, 0.3) is 0 Å². The Balaban J connectivity index is 1.93. The molecule has 35 heavy (non-hydrogen) atoms.